The van der Waals surface area contributed by atoms with Gasteiger partial charge in [0.1, 0.15) is 0 Å². The van der Waals surface area contributed by atoms with E-state index >= 15 is 0 Å². The second-order valence-corrected chi connectivity index (χ2v) is 5.84. The molecular weight excluding hydrogens is 296 g/mol. The Balaban J connectivity index is 1.74. The fourth-order valence-electron chi connectivity index (χ4n) is 1.91. The summed E-state index contributed by atoms with van der Waals surface area (Å²) < 4.78 is 0. The third-order valence-electron chi connectivity index (χ3n) is 3.09. The molecule has 0 atom stereocenters. The van der Waals surface area contributed by atoms with Crippen molar-refractivity contribution in [1.82, 2.24) is 0 Å². The second kappa shape index (κ2) is 7.20. The van der Waals surface area contributed by atoms with Gasteiger partial charge in [0.2, 0.25) is 0 Å². The Kier molecular flexibility index (Phi) is 4.61. The van der Waals surface area contributed by atoms with Gasteiger partial charge in [-0.15, -0.1) is 17.8 Å². The lowest BCUT2D eigenvalue weighted by Crippen LogP contribution is -1.76. The largest absolute Gasteiger partial charge is 0.118 e. The number of hydrogen-bond acceptors (Lipinski definition) is 1. The molecule has 106 valence electrons. The van der Waals surface area contributed by atoms with Crippen molar-refractivity contribution in [3.8, 4) is 36.0 Å². The van der Waals surface area contributed by atoms with Gasteiger partial charge in [-0.3, -0.25) is 0 Å². The first-order valence-corrected chi connectivity index (χ1v) is 7.91. The summed E-state index contributed by atoms with van der Waals surface area (Å²) in [5.74, 6) is 15.2. The molecule has 0 radical (unpaired) electrons. The van der Waals surface area contributed by atoms with Crippen molar-refractivity contribution in [2.75, 3.05) is 0 Å². The van der Waals surface area contributed by atoms with Crippen LogP contribution in [0.1, 0.15) is 26.4 Å². The maximum absolute atomic E-state index is 5.34. The maximum atomic E-state index is 5.34. The highest BCUT2D eigenvalue weighted by Gasteiger charge is 1.94. The highest BCUT2D eigenvalue weighted by Crippen LogP contribution is 2.14. The van der Waals surface area contributed by atoms with Gasteiger partial charge in [0, 0.05) is 16.7 Å². The molecule has 0 spiro atoms. The Morgan fingerprint density at radius 3 is 1.65 bits per heavy atom. The lowest BCUT2D eigenvalue weighted by molar-refractivity contribution is 1.60. The third kappa shape index (κ3) is 4.15. The summed E-state index contributed by atoms with van der Waals surface area (Å²) in [4.78, 5) is 2.02. The summed E-state index contributed by atoms with van der Waals surface area (Å²) in [5.41, 5.74) is 2.83. The molecule has 1 heteroatoms. The Labute approximate surface area is 140 Å². The monoisotopic (exact) mass is 308 g/mol. The van der Waals surface area contributed by atoms with Crippen LogP contribution in [0.5, 0.6) is 0 Å². The first-order chi connectivity index (χ1) is 11.3. The van der Waals surface area contributed by atoms with Crippen LogP contribution in [0.4, 0.5) is 0 Å². The van der Waals surface area contributed by atoms with Gasteiger partial charge in [-0.1, -0.05) is 47.8 Å². The predicted octanol–water partition coefficient (Wildman–Crippen LogP) is 4.53. The van der Waals surface area contributed by atoms with Gasteiger partial charge < -0.3 is 0 Å². The first-order valence-electron chi connectivity index (χ1n) is 7.09. The summed E-state index contributed by atoms with van der Waals surface area (Å²) >= 11 is 1.60. The lowest BCUT2D eigenvalue weighted by atomic mass is 10.1. The van der Waals surface area contributed by atoms with Crippen molar-refractivity contribution in [3.05, 3.63) is 93.2 Å². The Bertz CT molecular complexity index is 960. The molecule has 0 saturated heterocycles. The van der Waals surface area contributed by atoms with Crippen LogP contribution >= 0.6 is 11.3 Å². The quantitative estimate of drug-likeness (QED) is 0.535. The highest BCUT2D eigenvalue weighted by molar-refractivity contribution is 7.13. The van der Waals surface area contributed by atoms with Gasteiger partial charge in [0.25, 0.3) is 0 Å². The molecule has 0 saturated carbocycles. The summed E-state index contributed by atoms with van der Waals surface area (Å²) in [6.07, 6.45) is 5.34. The summed E-state index contributed by atoms with van der Waals surface area (Å²) in [7, 11) is 0. The number of benzene rings is 2. The zero-order valence-electron chi connectivity index (χ0n) is 12.3. The molecule has 2 aromatic carbocycles. The molecule has 0 aliphatic carbocycles. The Morgan fingerprint density at radius 1 is 0.565 bits per heavy atom. The molecule has 0 fully saturated rings. The molecular formula is C22H12S. The minimum absolute atomic E-state index is 0.866. The van der Waals surface area contributed by atoms with Crippen molar-refractivity contribution >= 4 is 11.3 Å². The van der Waals surface area contributed by atoms with Crippen LogP contribution in [0.25, 0.3) is 0 Å². The van der Waals surface area contributed by atoms with Gasteiger partial charge in [0.15, 0.2) is 0 Å². The standard InChI is InChI=1S/C22H12S/c1-2-18-8-10-20(11-9-18)13-15-22-17-16-21(23-22)14-12-19-6-4-3-5-7-19/h1,3-11,16-17H. The van der Waals surface area contributed by atoms with E-state index in [-0.39, 0.29) is 0 Å². The van der Waals surface area contributed by atoms with E-state index in [1.54, 1.807) is 11.3 Å². The zero-order valence-corrected chi connectivity index (χ0v) is 13.2. The van der Waals surface area contributed by atoms with Crippen LogP contribution in [0.2, 0.25) is 0 Å². The van der Waals surface area contributed by atoms with Crippen LogP contribution in [0.3, 0.4) is 0 Å². The van der Waals surface area contributed by atoms with Gasteiger partial charge in [0.05, 0.1) is 9.75 Å². The van der Waals surface area contributed by atoms with Crippen LogP contribution in [0, 0.1) is 36.0 Å². The molecule has 1 aromatic heterocycles. The Hall–Kier alpha value is -3.18. The van der Waals surface area contributed by atoms with Crippen LogP contribution in [-0.4, -0.2) is 0 Å². The molecule has 0 nitrogen and oxygen atoms in total. The average Bonchev–Trinajstić information content (AvgIpc) is 3.07. The molecule has 3 aromatic rings. The van der Waals surface area contributed by atoms with E-state index in [4.69, 9.17) is 6.42 Å². The minimum Gasteiger partial charge on any atom is -0.118 e. The first kappa shape index (κ1) is 14.7. The number of thiophene rings is 1. The predicted molar refractivity (Wildman–Crippen MR) is 97.1 cm³/mol. The molecule has 0 N–H and O–H groups in total. The summed E-state index contributed by atoms with van der Waals surface area (Å²) in [6.45, 7) is 0. The molecule has 23 heavy (non-hydrogen) atoms. The van der Waals surface area contributed by atoms with Crippen molar-refractivity contribution in [2.24, 2.45) is 0 Å². The summed E-state index contributed by atoms with van der Waals surface area (Å²) in [6, 6.07) is 21.6. The van der Waals surface area contributed by atoms with Crippen molar-refractivity contribution in [1.29, 1.82) is 0 Å². The minimum atomic E-state index is 0.866. The van der Waals surface area contributed by atoms with E-state index in [2.05, 4.69) is 29.6 Å². The molecule has 3 rings (SSSR count). The van der Waals surface area contributed by atoms with E-state index in [0.29, 0.717) is 0 Å². The van der Waals surface area contributed by atoms with E-state index in [1.165, 1.54) is 0 Å². The highest BCUT2D eigenvalue weighted by atomic mass is 32.1. The number of terminal acetylenes is 1. The van der Waals surface area contributed by atoms with Gasteiger partial charge in [-0.2, -0.15) is 0 Å². The van der Waals surface area contributed by atoms with Gasteiger partial charge in [-0.05, 0) is 48.5 Å². The smallest absolute Gasteiger partial charge is 0.0785 e. The molecule has 0 amide bonds. The van der Waals surface area contributed by atoms with Gasteiger partial charge >= 0.3 is 0 Å². The van der Waals surface area contributed by atoms with Crippen LogP contribution < -0.4 is 0 Å². The van der Waals surface area contributed by atoms with Gasteiger partial charge in [-0.25, -0.2) is 0 Å². The van der Waals surface area contributed by atoms with Crippen LogP contribution in [0.15, 0.2) is 66.7 Å². The fourth-order valence-corrected chi connectivity index (χ4v) is 2.62. The lowest BCUT2D eigenvalue weighted by Gasteiger charge is -1.90. The van der Waals surface area contributed by atoms with E-state index < -0.39 is 0 Å². The van der Waals surface area contributed by atoms with Crippen LogP contribution in [-0.2, 0) is 0 Å². The molecule has 0 unspecified atom stereocenters. The molecule has 0 bridgehead atoms. The van der Waals surface area contributed by atoms with E-state index in [0.717, 1.165) is 26.4 Å². The number of hydrogen-bond donors (Lipinski definition) is 0. The summed E-state index contributed by atoms with van der Waals surface area (Å²) in [5, 5.41) is 0. The average molecular weight is 308 g/mol. The molecule has 0 aliphatic heterocycles. The fraction of sp³-hybridized carbons (Fsp3) is 0. The van der Waals surface area contributed by atoms with Crippen molar-refractivity contribution in [3.63, 3.8) is 0 Å². The maximum Gasteiger partial charge on any atom is 0.0785 e. The normalized spacial score (nSPS) is 9.00. The molecule has 1 heterocycles. The van der Waals surface area contributed by atoms with E-state index in [9.17, 15) is 0 Å². The third-order valence-corrected chi connectivity index (χ3v) is 4.01. The zero-order chi connectivity index (χ0) is 15.9. The Morgan fingerprint density at radius 2 is 1.09 bits per heavy atom. The van der Waals surface area contributed by atoms with Crippen molar-refractivity contribution < 1.29 is 0 Å². The SMILES string of the molecule is C#Cc1ccc(C#Cc2ccc(C#Cc3ccccc3)s2)cc1. The van der Waals surface area contributed by atoms with Crippen molar-refractivity contribution in [2.45, 2.75) is 0 Å². The van der Waals surface area contributed by atoms with E-state index in [1.807, 2.05) is 66.7 Å². The second-order valence-electron chi connectivity index (χ2n) is 4.75. The number of rotatable bonds is 0. The molecule has 0 aliphatic rings. The topological polar surface area (TPSA) is 0 Å².